The van der Waals surface area contributed by atoms with E-state index in [1.807, 2.05) is 24.3 Å². The van der Waals surface area contributed by atoms with E-state index in [2.05, 4.69) is 0 Å². The van der Waals surface area contributed by atoms with Crippen LogP contribution in [-0.2, 0) is 14.8 Å². The molecule has 0 N–H and O–H groups in total. The summed E-state index contributed by atoms with van der Waals surface area (Å²) in [6.07, 6.45) is 0.914. The van der Waals surface area contributed by atoms with Gasteiger partial charge in [-0.25, -0.2) is 12.8 Å². The highest BCUT2D eigenvalue weighted by Gasteiger charge is 2.35. The Labute approximate surface area is 163 Å². The highest BCUT2D eigenvalue weighted by atomic mass is 32.2. The lowest BCUT2D eigenvalue weighted by atomic mass is 9.96. The smallest absolute Gasteiger partial charge is 0.243 e. The Balaban J connectivity index is 1.45. The van der Waals surface area contributed by atoms with Crippen molar-refractivity contribution < 1.29 is 22.3 Å². The molecule has 4 rings (SSSR count). The predicted octanol–water partition coefficient (Wildman–Crippen LogP) is 2.65. The summed E-state index contributed by atoms with van der Waals surface area (Å²) >= 11 is 0. The summed E-state index contributed by atoms with van der Waals surface area (Å²) in [6.45, 7) is 1.47. The van der Waals surface area contributed by atoms with Gasteiger partial charge in [0.15, 0.2) is 0 Å². The Morgan fingerprint density at radius 1 is 1.00 bits per heavy atom. The first-order valence-corrected chi connectivity index (χ1v) is 10.7. The molecule has 0 aromatic heterocycles. The van der Waals surface area contributed by atoms with E-state index in [1.165, 1.54) is 16.4 Å². The number of para-hydroxylation sites is 2. The summed E-state index contributed by atoms with van der Waals surface area (Å²) < 4.78 is 45.5. The topological polar surface area (TPSA) is 66.9 Å². The number of benzene rings is 2. The number of hydrogen-bond acceptors (Lipinski definition) is 4. The molecule has 28 heavy (non-hydrogen) atoms. The van der Waals surface area contributed by atoms with Crippen molar-refractivity contribution >= 4 is 21.6 Å². The van der Waals surface area contributed by atoms with Crippen LogP contribution in [0.15, 0.2) is 53.4 Å². The largest absolute Gasteiger partial charge is 0.490 e. The molecule has 0 aliphatic carbocycles. The minimum absolute atomic E-state index is 0.00887. The van der Waals surface area contributed by atoms with Crippen molar-refractivity contribution in [3.8, 4) is 5.75 Å². The van der Waals surface area contributed by atoms with Gasteiger partial charge >= 0.3 is 0 Å². The Kier molecular flexibility index (Phi) is 5.07. The number of ether oxygens (including phenoxy) is 1. The molecule has 0 atom stereocenters. The van der Waals surface area contributed by atoms with Crippen LogP contribution < -0.4 is 9.64 Å². The summed E-state index contributed by atoms with van der Waals surface area (Å²) in [6, 6.07) is 12.3. The first-order valence-electron chi connectivity index (χ1n) is 9.26. The molecule has 2 heterocycles. The first-order chi connectivity index (χ1) is 13.5. The molecule has 0 radical (unpaired) electrons. The summed E-state index contributed by atoms with van der Waals surface area (Å²) in [5.74, 6) is -0.00660. The van der Waals surface area contributed by atoms with Crippen LogP contribution >= 0.6 is 0 Å². The second kappa shape index (κ2) is 7.52. The molecule has 0 bridgehead atoms. The number of fused-ring (bicyclic) bond motifs is 1. The van der Waals surface area contributed by atoms with Gasteiger partial charge in [0.25, 0.3) is 0 Å². The third kappa shape index (κ3) is 3.49. The quantitative estimate of drug-likeness (QED) is 0.789. The van der Waals surface area contributed by atoms with E-state index in [9.17, 15) is 17.6 Å². The fourth-order valence-electron chi connectivity index (χ4n) is 3.72. The molecule has 0 saturated carbocycles. The van der Waals surface area contributed by atoms with E-state index in [0.717, 1.165) is 17.8 Å². The van der Waals surface area contributed by atoms with Gasteiger partial charge in [0, 0.05) is 19.0 Å². The van der Waals surface area contributed by atoms with E-state index in [0.29, 0.717) is 31.7 Å². The van der Waals surface area contributed by atoms with Gasteiger partial charge in [-0.15, -0.1) is 0 Å². The maximum Gasteiger partial charge on any atom is 0.243 e. The van der Waals surface area contributed by atoms with Crippen LogP contribution in [-0.4, -0.2) is 44.9 Å². The average Bonchev–Trinajstić information content (AvgIpc) is 2.73. The Morgan fingerprint density at radius 3 is 2.39 bits per heavy atom. The Morgan fingerprint density at radius 2 is 1.68 bits per heavy atom. The molecular weight excluding hydrogens is 383 g/mol. The highest BCUT2D eigenvalue weighted by molar-refractivity contribution is 7.89. The maximum absolute atomic E-state index is 13.1. The van der Waals surface area contributed by atoms with E-state index in [-0.39, 0.29) is 29.8 Å². The van der Waals surface area contributed by atoms with Gasteiger partial charge in [0.1, 0.15) is 18.2 Å². The number of carbonyl (C=O) groups is 1. The molecule has 0 unspecified atom stereocenters. The fraction of sp³-hybridized carbons (Fsp3) is 0.350. The monoisotopic (exact) mass is 404 g/mol. The molecule has 8 heteroatoms. The normalized spacial score (nSPS) is 18.4. The third-order valence-corrected chi connectivity index (χ3v) is 7.16. The summed E-state index contributed by atoms with van der Waals surface area (Å²) in [7, 11) is -3.68. The zero-order chi connectivity index (χ0) is 19.7. The van der Waals surface area contributed by atoms with Gasteiger partial charge in [-0.2, -0.15) is 4.31 Å². The van der Waals surface area contributed by atoms with Crippen molar-refractivity contribution in [2.75, 3.05) is 31.1 Å². The maximum atomic E-state index is 13.1. The molecule has 1 amide bonds. The van der Waals surface area contributed by atoms with Gasteiger partial charge in [-0.1, -0.05) is 12.1 Å². The number of hydrogen-bond donors (Lipinski definition) is 0. The van der Waals surface area contributed by atoms with Crippen molar-refractivity contribution in [3.63, 3.8) is 0 Å². The van der Waals surface area contributed by atoms with Gasteiger partial charge in [0.2, 0.25) is 15.9 Å². The Bertz CT molecular complexity index is 970. The number of halogens is 1. The lowest BCUT2D eigenvalue weighted by Gasteiger charge is -2.35. The number of rotatable bonds is 3. The fourth-order valence-corrected chi connectivity index (χ4v) is 5.19. The second-order valence-electron chi connectivity index (χ2n) is 6.94. The van der Waals surface area contributed by atoms with Gasteiger partial charge in [-0.3, -0.25) is 4.79 Å². The predicted molar refractivity (Wildman–Crippen MR) is 102 cm³/mol. The molecule has 2 aromatic rings. The molecule has 1 fully saturated rings. The molecule has 2 aliphatic rings. The second-order valence-corrected chi connectivity index (χ2v) is 8.88. The van der Waals surface area contributed by atoms with Crippen LogP contribution in [0.1, 0.15) is 12.8 Å². The molecule has 148 valence electrons. The molecule has 1 saturated heterocycles. The van der Waals surface area contributed by atoms with E-state index in [1.54, 1.807) is 4.90 Å². The third-order valence-electron chi connectivity index (χ3n) is 5.25. The average molecular weight is 404 g/mol. The standard InChI is InChI=1S/C20H21FN2O4S/c21-16-5-7-17(8-6-16)28(25,26)22-11-9-15(10-12-22)20(24)23-13-14-27-19-4-2-1-3-18(19)23/h1-8,15H,9-14H2. The van der Waals surface area contributed by atoms with Crippen LogP contribution in [0.4, 0.5) is 10.1 Å². The zero-order valence-corrected chi connectivity index (χ0v) is 16.1. The lowest BCUT2D eigenvalue weighted by Crippen LogP contribution is -2.46. The number of amides is 1. The number of piperidine rings is 1. The van der Waals surface area contributed by atoms with Crippen molar-refractivity contribution in [2.45, 2.75) is 17.7 Å². The summed E-state index contributed by atoms with van der Waals surface area (Å²) in [5, 5.41) is 0. The van der Waals surface area contributed by atoms with Crippen LogP contribution in [0.25, 0.3) is 0 Å². The van der Waals surface area contributed by atoms with Crippen molar-refractivity contribution in [1.29, 1.82) is 0 Å². The van der Waals surface area contributed by atoms with Gasteiger partial charge in [-0.05, 0) is 49.2 Å². The molecule has 2 aromatic carbocycles. The minimum Gasteiger partial charge on any atom is -0.490 e. The lowest BCUT2D eigenvalue weighted by molar-refractivity contribution is -0.123. The number of carbonyl (C=O) groups excluding carboxylic acids is 1. The Hall–Kier alpha value is -2.45. The molecular formula is C20H21FN2O4S. The van der Waals surface area contributed by atoms with Crippen LogP contribution in [0.5, 0.6) is 5.75 Å². The first kappa shape index (κ1) is 18.9. The zero-order valence-electron chi connectivity index (χ0n) is 15.3. The summed E-state index contributed by atoms with van der Waals surface area (Å²) in [5.41, 5.74) is 0.764. The molecule has 2 aliphatic heterocycles. The van der Waals surface area contributed by atoms with Crippen molar-refractivity contribution in [3.05, 3.63) is 54.3 Å². The van der Waals surface area contributed by atoms with Crippen molar-refractivity contribution in [1.82, 2.24) is 4.31 Å². The van der Waals surface area contributed by atoms with Crippen LogP contribution in [0, 0.1) is 11.7 Å². The van der Waals surface area contributed by atoms with E-state index >= 15 is 0 Å². The van der Waals surface area contributed by atoms with E-state index < -0.39 is 15.8 Å². The highest BCUT2D eigenvalue weighted by Crippen LogP contribution is 2.34. The van der Waals surface area contributed by atoms with E-state index in [4.69, 9.17) is 4.74 Å². The molecule has 6 nitrogen and oxygen atoms in total. The SMILES string of the molecule is O=C(C1CCN(S(=O)(=O)c2ccc(F)cc2)CC1)N1CCOc2ccccc21. The van der Waals surface area contributed by atoms with Crippen LogP contribution in [0.2, 0.25) is 0 Å². The van der Waals surface area contributed by atoms with Gasteiger partial charge < -0.3 is 9.64 Å². The molecule has 0 spiro atoms. The number of sulfonamides is 1. The number of nitrogens with zero attached hydrogens (tertiary/aromatic N) is 2. The number of anilines is 1. The van der Waals surface area contributed by atoms with Gasteiger partial charge in [0.05, 0.1) is 17.1 Å². The van der Waals surface area contributed by atoms with Crippen LogP contribution in [0.3, 0.4) is 0 Å². The van der Waals surface area contributed by atoms with Crippen molar-refractivity contribution in [2.24, 2.45) is 5.92 Å². The summed E-state index contributed by atoms with van der Waals surface area (Å²) in [4.78, 5) is 14.9. The minimum atomic E-state index is -3.68.